The van der Waals surface area contributed by atoms with Crippen molar-refractivity contribution >= 4 is 47.4 Å². The van der Waals surface area contributed by atoms with Crippen LogP contribution in [-0.2, 0) is 61.7 Å². The summed E-state index contributed by atoms with van der Waals surface area (Å²) < 4.78 is 22.5. The van der Waals surface area contributed by atoms with Crippen molar-refractivity contribution in [3.63, 3.8) is 0 Å². The van der Waals surface area contributed by atoms with Crippen LogP contribution in [0, 0.1) is 0 Å². The number of esters is 4. The number of benzene rings is 8. The van der Waals surface area contributed by atoms with Crippen molar-refractivity contribution < 1.29 is 38.1 Å². The van der Waals surface area contributed by atoms with E-state index in [1.807, 2.05) is 135 Å². The highest BCUT2D eigenvalue weighted by molar-refractivity contribution is 8.01. The lowest BCUT2D eigenvalue weighted by molar-refractivity contribution is -0.167. The van der Waals surface area contributed by atoms with Crippen molar-refractivity contribution in [3.8, 4) is 0 Å². The molecule has 0 aliphatic heterocycles. The highest BCUT2D eigenvalue weighted by Gasteiger charge is 2.44. The Kier molecular flexibility index (Phi) is 19.4. The Morgan fingerprint density at radius 2 is 0.602 bits per heavy atom. The van der Waals surface area contributed by atoms with E-state index in [1.165, 1.54) is 14.2 Å². The van der Waals surface area contributed by atoms with Gasteiger partial charge in [0.1, 0.15) is 17.6 Å². The average Bonchev–Trinajstić information content (AvgIpc) is 3.65. The molecule has 2 unspecified atom stereocenters. The molecule has 8 aromatic carbocycles. The summed E-state index contributed by atoms with van der Waals surface area (Å²) in [6.07, 6.45) is -0.330. The molecule has 0 aliphatic carbocycles. The molecular weight excluding hydrogens is 1070 g/mol. The van der Waals surface area contributed by atoms with Crippen molar-refractivity contribution in [1.82, 2.24) is 0 Å². The summed E-state index contributed by atoms with van der Waals surface area (Å²) in [6, 6.07) is 73.2. The minimum Gasteiger partial charge on any atom is -0.465 e. The Morgan fingerprint density at radius 1 is 0.349 bits per heavy atom. The SMILES string of the molecule is COC(=O)c1cc(CC(C)(CSC(c2ccccc2)(c2ccccc2)c2ccccc2)OC(=O)CC(=O)OC(C)(CSC(c2ccccc2)(c2ccccc2)c2ccccc2)Cc2cc(C(=O)OC)cc(C(C)(C)C)c2)cc(C(C)(C)C)c1. The first-order valence-electron chi connectivity index (χ1n) is 28.1. The molecule has 2 atom stereocenters. The third kappa shape index (κ3) is 14.8. The van der Waals surface area contributed by atoms with Crippen LogP contribution in [0.25, 0.3) is 0 Å². The van der Waals surface area contributed by atoms with Crippen LogP contribution in [0.2, 0.25) is 0 Å². The van der Waals surface area contributed by atoms with E-state index in [0.29, 0.717) is 11.1 Å². The molecule has 0 radical (unpaired) electrons. The zero-order chi connectivity index (χ0) is 59.5. The zero-order valence-electron chi connectivity index (χ0n) is 49.4. The Labute approximate surface area is 499 Å². The number of methoxy groups -OCH3 is 2. The predicted octanol–water partition coefficient (Wildman–Crippen LogP) is 16.1. The maximum Gasteiger partial charge on any atom is 0.337 e. The molecule has 0 aliphatic rings. The normalized spacial score (nSPS) is 13.4. The molecule has 0 saturated heterocycles. The van der Waals surface area contributed by atoms with Gasteiger partial charge in [0.15, 0.2) is 0 Å². The average molecular weight is 1150 g/mol. The second-order valence-electron chi connectivity index (χ2n) is 23.8. The summed E-state index contributed by atoms with van der Waals surface area (Å²) in [6.45, 7) is 16.3. The fraction of sp³-hybridized carbons (Fsp3) is 0.288. The topological polar surface area (TPSA) is 105 Å². The fourth-order valence-corrected chi connectivity index (χ4v) is 14.0. The lowest BCUT2D eigenvalue weighted by Gasteiger charge is -2.39. The maximum atomic E-state index is 15.0. The van der Waals surface area contributed by atoms with Gasteiger partial charge in [-0.2, -0.15) is 0 Å². The van der Waals surface area contributed by atoms with Gasteiger partial charge in [0, 0.05) is 24.3 Å². The van der Waals surface area contributed by atoms with Gasteiger partial charge in [-0.15, -0.1) is 23.5 Å². The van der Waals surface area contributed by atoms with Gasteiger partial charge in [-0.05, 0) is 105 Å². The van der Waals surface area contributed by atoms with Gasteiger partial charge >= 0.3 is 23.9 Å². The van der Waals surface area contributed by atoms with Crippen molar-refractivity contribution in [2.45, 2.75) is 106 Å². The van der Waals surface area contributed by atoms with Crippen LogP contribution in [0.4, 0.5) is 0 Å². The largest absolute Gasteiger partial charge is 0.465 e. The number of carbonyl (C=O) groups excluding carboxylic acids is 4. The van der Waals surface area contributed by atoms with Crippen LogP contribution in [-0.4, -0.2) is 60.8 Å². The molecule has 0 fully saturated rings. The van der Waals surface area contributed by atoms with Crippen molar-refractivity contribution in [2.24, 2.45) is 0 Å². The van der Waals surface area contributed by atoms with Gasteiger partial charge in [-0.1, -0.05) is 236 Å². The molecule has 0 spiro atoms. The number of thioether (sulfide) groups is 2. The molecule has 8 rings (SSSR count). The summed E-state index contributed by atoms with van der Waals surface area (Å²) in [5.74, 6) is -2.00. The van der Waals surface area contributed by atoms with Gasteiger partial charge < -0.3 is 18.9 Å². The Balaban J connectivity index is 1.20. The predicted molar refractivity (Wildman–Crippen MR) is 337 cm³/mol. The minimum atomic E-state index is -1.28. The van der Waals surface area contributed by atoms with E-state index in [-0.39, 0.29) is 35.2 Å². The zero-order valence-corrected chi connectivity index (χ0v) is 51.0. The number of ether oxygens (including phenoxy) is 4. The van der Waals surface area contributed by atoms with Crippen LogP contribution in [0.5, 0.6) is 0 Å². The number of hydrogen-bond acceptors (Lipinski definition) is 10. The van der Waals surface area contributed by atoms with Gasteiger partial charge in [0.05, 0.1) is 34.8 Å². The summed E-state index contributed by atoms with van der Waals surface area (Å²) in [5, 5.41) is 0. The van der Waals surface area contributed by atoms with Gasteiger partial charge in [0.25, 0.3) is 0 Å². The summed E-state index contributed by atoms with van der Waals surface area (Å²) in [7, 11) is 2.73. The van der Waals surface area contributed by atoms with Crippen LogP contribution in [0.1, 0.15) is 138 Å². The van der Waals surface area contributed by atoms with E-state index in [0.717, 1.165) is 55.6 Å². The van der Waals surface area contributed by atoms with Crippen LogP contribution < -0.4 is 0 Å². The molecule has 0 aromatic heterocycles. The van der Waals surface area contributed by atoms with E-state index < -0.39 is 51.0 Å². The van der Waals surface area contributed by atoms with E-state index >= 15 is 9.59 Å². The van der Waals surface area contributed by atoms with E-state index in [1.54, 1.807) is 35.7 Å². The molecule has 0 amide bonds. The quantitative estimate of drug-likeness (QED) is 0.0282. The smallest absolute Gasteiger partial charge is 0.337 e. The Morgan fingerprint density at radius 3 is 0.831 bits per heavy atom. The Hall–Kier alpha value is -7.66. The maximum absolute atomic E-state index is 15.0. The molecule has 428 valence electrons. The van der Waals surface area contributed by atoms with Crippen LogP contribution in [0.3, 0.4) is 0 Å². The molecule has 0 N–H and O–H groups in total. The summed E-state index contributed by atoms with van der Waals surface area (Å²) in [4.78, 5) is 56.6. The second-order valence-corrected chi connectivity index (χ2v) is 26.2. The molecule has 0 bridgehead atoms. The van der Waals surface area contributed by atoms with Gasteiger partial charge in [-0.25, -0.2) is 9.59 Å². The first kappa shape index (κ1) is 61.4. The molecular formula is C73H76O8S2. The standard InChI is InChI=1S/C73H76O8S2/c1-68(2,3)62-43-52(41-54(45-62)66(76)78-9)48-70(7,50-82-72(56-29-17-11-18-30-56,57-31-19-12-20-32-57)58-33-21-13-22-34-58)80-64(74)47-65(75)81-71(8,49-53-42-55(67(77)79-10)46-63(44-53)69(4,5)6)51-83-73(59-35-23-14-24-36-59,60-37-25-15-26-38-60)61-39-27-16-28-40-61/h11-46H,47-51H2,1-10H3. The molecule has 0 saturated carbocycles. The first-order chi connectivity index (χ1) is 39.6. The molecule has 8 nitrogen and oxygen atoms in total. The van der Waals surface area contributed by atoms with Crippen molar-refractivity contribution in [3.05, 3.63) is 285 Å². The van der Waals surface area contributed by atoms with Crippen molar-refractivity contribution in [1.29, 1.82) is 0 Å². The lowest BCUT2D eigenvalue weighted by atomic mass is 9.83. The van der Waals surface area contributed by atoms with Gasteiger partial charge in [0.2, 0.25) is 0 Å². The van der Waals surface area contributed by atoms with Crippen LogP contribution >= 0.6 is 23.5 Å². The third-order valence-corrected chi connectivity index (χ3v) is 18.8. The monoisotopic (exact) mass is 1140 g/mol. The van der Waals surface area contributed by atoms with Crippen molar-refractivity contribution in [2.75, 3.05) is 25.7 Å². The van der Waals surface area contributed by atoms with E-state index in [2.05, 4.69) is 126 Å². The molecule has 83 heavy (non-hydrogen) atoms. The highest BCUT2D eigenvalue weighted by Crippen LogP contribution is 2.52. The van der Waals surface area contributed by atoms with E-state index in [4.69, 9.17) is 18.9 Å². The minimum absolute atomic E-state index is 0.185. The Bertz CT molecular complexity index is 3040. The van der Waals surface area contributed by atoms with Crippen LogP contribution in [0.15, 0.2) is 218 Å². The van der Waals surface area contributed by atoms with Gasteiger partial charge in [-0.3, -0.25) is 9.59 Å². The number of carbonyl (C=O) groups is 4. The highest BCUT2D eigenvalue weighted by atomic mass is 32.2. The molecule has 10 heteroatoms. The first-order valence-corrected chi connectivity index (χ1v) is 30.1. The third-order valence-electron chi connectivity index (χ3n) is 15.0. The lowest BCUT2D eigenvalue weighted by Crippen LogP contribution is -2.42. The molecule has 8 aromatic rings. The summed E-state index contributed by atoms with van der Waals surface area (Å²) in [5.41, 5.74) is 7.00. The summed E-state index contributed by atoms with van der Waals surface area (Å²) >= 11 is 3.28. The fourth-order valence-electron chi connectivity index (χ4n) is 10.8. The second kappa shape index (κ2) is 26.3. The number of hydrogen-bond donors (Lipinski definition) is 0. The molecule has 0 heterocycles. The van der Waals surface area contributed by atoms with E-state index in [9.17, 15) is 9.59 Å². The number of rotatable bonds is 22.